The Morgan fingerprint density at radius 1 is 0.821 bits per heavy atom. The van der Waals surface area contributed by atoms with Gasteiger partial charge in [-0.05, 0) is 18.6 Å². The van der Waals surface area contributed by atoms with Gasteiger partial charge in [0.25, 0.3) is 0 Å². The molecule has 3 heteroatoms. The maximum absolute atomic E-state index is 5.90. The average molecular weight is 386 g/mol. The van der Waals surface area contributed by atoms with E-state index in [0.717, 1.165) is 11.5 Å². The van der Waals surface area contributed by atoms with Crippen LogP contribution in [0.2, 0.25) is 0 Å². The second-order valence-electron chi connectivity index (χ2n) is 8.50. The van der Waals surface area contributed by atoms with E-state index in [2.05, 4.69) is 19.1 Å². The van der Waals surface area contributed by atoms with Gasteiger partial charge in [-0.1, -0.05) is 102 Å². The summed E-state index contributed by atoms with van der Waals surface area (Å²) in [5, 5.41) is 0. The normalized spacial score (nSPS) is 23.5. The van der Waals surface area contributed by atoms with E-state index in [0.29, 0.717) is 12.7 Å². The molecule has 3 rings (SSSR count). The molecule has 3 nitrogen and oxygen atoms in total. The van der Waals surface area contributed by atoms with Crippen LogP contribution in [0.25, 0.3) is 0 Å². The van der Waals surface area contributed by atoms with E-state index < -0.39 is 0 Å². The van der Waals surface area contributed by atoms with Crippen molar-refractivity contribution in [2.45, 2.75) is 109 Å². The van der Waals surface area contributed by atoms with Crippen molar-refractivity contribution in [3.63, 3.8) is 0 Å². The molecular formula is C25H39NO2. The smallest absolute Gasteiger partial charge is 0.216 e. The molecule has 0 aliphatic carbocycles. The van der Waals surface area contributed by atoms with E-state index in [1.165, 1.54) is 83.5 Å². The van der Waals surface area contributed by atoms with Crippen LogP contribution in [0.4, 0.5) is 0 Å². The number of unbranched alkanes of at least 4 members (excludes halogenated alkanes) is 11. The number of epoxide rings is 1. The van der Waals surface area contributed by atoms with Crippen molar-refractivity contribution in [2.24, 2.45) is 4.99 Å². The van der Waals surface area contributed by atoms with Crippen molar-refractivity contribution in [3.05, 3.63) is 35.9 Å². The fourth-order valence-corrected chi connectivity index (χ4v) is 4.21. The summed E-state index contributed by atoms with van der Waals surface area (Å²) < 4.78 is 11.7. The topological polar surface area (TPSA) is 34.1 Å². The Kier molecular flexibility index (Phi) is 9.36. The van der Waals surface area contributed by atoms with Gasteiger partial charge < -0.3 is 9.47 Å². The van der Waals surface area contributed by atoms with Gasteiger partial charge in [-0.3, -0.25) is 0 Å². The molecule has 0 spiro atoms. The van der Waals surface area contributed by atoms with Crippen molar-refractivity contribution in [1.82, 2.24) is 0 Å². The van der Waals surface area contributed by atoms with E-state index in [9.17, 15) is 0 Å². The quantitative estimate of drug-likeness (QED) is 0.249. The van der Waals surface area contributed by atoms with Crippen LogP contribution in [0.15, 0.2) is 35.3 Å². The minimum Gasteiger partial charge on any atom is -0.475 e. The first kappa shape index (κ1) is 21.4. The molecule has 156 valence electrons. The van der Waals surface area contributed by atoms with Crippen LogP contribution in [0.1, 0.15) is 96.0 Å². The summed E-state index contributed by atoms with van der Waals surface area (Å²) in [5.41, 5.74) is 1.07. The molecule has 2 aliphatic heterocycles. The molecule has 2 aliphatic rings. The second-order valence-corrected chi connectivity index (χ2v) is 8.50. The van der Waals surface area contributed by atoms with Gasteiger partial charge in [-0.15, -0.1) is 0 Å². The van der Waals surface area contributed by atoms with E-state index in [-0.39, 0.29) is 12.1 Å². The van der Waals surface area contributed by atoms with Gasteiger partial charge in [-0.25, -0.2) is 4.99 Å². The molecule has 0 N–H and O–H groups in total. The Bertz CT molecular complexity index is 571. The lowest BCUT2D eigenvalue weighted by atomic mass is 10.0. The van der Waals surface area contributed by atoms with E-state index in [1.807, 2.05) is 18.2 Å². The van der Waals surface area contributed by atoms with Gasteiger partial charge in [0, 0.05) is 5.56 Å². The molecule has 0 saturated carbocycles. The number of hydrogen-bond donors (Lipinski definition) is 0. The summed E-state index contributed by atoms with van der Waals surface area (Å²) >= 11 is 0. The monoisotopic (exact) mass is 385 g/mol. The lowest BCUT2D eigenvalue weighted by Crippen LogP contribution is -2.16. The lowest BCUT2D eigenvalue weighted by molar-refractivity contribution is 0.279. The van der Waals surface area contributed by atoms with E-state index in [4.69, 9.17) is 14.5 Å². The highest BCUT2D eigenvalue weighted by Gasteiger charge is 2.46. The van der Waals surface area contributed by atoms with Gasteiger partial charge in [-0.2, -0.15) is 0 Å². The Morgan fingerprint density at radius 3 is 2.07 bits per heavy atom. The van der Waals surface area contributed by atoms with Crippen LogP contribution < -0.4 is 0 Å². The van der Waals surface area contributed by atoms with E-state index >= 15 is 0 Å². The highest BCUT2D eigenvalue weighted by molar-refractivity contribution is 5.95. The molecule has 1 saturated heterocycles. The first-order chi connectivity index (χ1) is 13.9. The predicted octanol–water partition coefficient (Wildman–Crippen LogP) is 6.69. The average Bonchev–Trinajstić information content (AvgIpc) is 3.33. The highest BCUT2D eigenvalue weighted by atomic mass is 16.6. The summed E-state index contributed by atoms with van der Waals surface area (Å²) in [6.45, 7) is 2.96. The summed E-state index contributed by atoms with van der Waals surface area (Å²) in [6.07, 6.45) is 18.7. The van der Waals surface area contributed by atoms with Crippen molar-refractivity contribution < 1.29 is 9.47 Å². The van der Waals surface area contributed by atoms with Crippen molar-refractivity contribution in [2.75, 3.05) is 6.61 Å². The third-order valence-electron chi connectivity index (χ3n) is 6.04. The summed E-state index contributed by atoms with van der Waals surface area (Å²) in [7, 11) is 0. The Labute approximate surface area is 171 Å². The molecule has 0 unspecified atom stereocenters. The molecule has 0 bridgehead atoms. The van der Waals surface area contributed by atoms with Crippen LogP contribution in [-0.4, -0.2) is 30.8 Å². The summed E-state index contributed by atoms with van der Waals surface area (Å²) in [5.74, 6) is 0.783. The van der Waals surface area contributed by atoms with Crippen molar-refractivity contribution in [3.8, 4) is 0 Å². The predicted molar refractivity (Wildman–Crippen MR) is 117 cm³/mol. The van der Waals surface area contributed by atoms with E-state index in [1.54, 1.807) is 0 Å². The molecule has 0 aromatic heterocycles. The Morgan fingerprint density at radius 2 is 1.43 bits per heavy atom. The molecule has 0 radical (unpaired) electrons. The minimum atomic E-state index is 0.192. The van der Waals surface area contributed by atoms with Gasteiger partial charge in [0.15, 0.2) is 0 Å². The first-order valence-corrected chi connectivity index (χ1v) is 11.8. The largest absolute Gasteiger partial charge is 0.475 e. The molecule has 0 amide bonds. The number of benzene rings is 1. The fraction of sp³-hybridized carbons (Fsp3) is 0.720. The molecule has 1 fully saturated rings. The van der Waals surface area contributed by atoms with Crippen LogP contribution in [-0.2, 0) is 9.47 Å². The number of nitrogens with zero attached hydrogens (tertiary/aromatic N) is 1. The van der Waals surface area contributed by atoms with Crippen LogP contribution in [0, 0.1) is 0 Å². The molecule has 1 aromatic rings. The van der Waals surface area contributed by atoms with Crippen molar-refractivity contribution in [1.29, 1.82) is 0 Å². The van der Waals surface area contributed by atoms with Gasteiger partial charge >= 0.3 is 0 Å². The van der Waals surface area contributed by atoms with Crippen LogP contribution >= 0.6 is 0 Å². The standard InChI is InChI=1S/C25H39NO2/c1-2-3-4-5-6-7-8-9-10-11-12-16-19-23-24(28-23)22-20-27-25(26-22)21-17-14-13-15-18-21/h13-15,17-18,22-24H,2-12,16,19-20H2,1H3/t22-,23+,24-/m0/s1. The number of hydrogen-bond acceptors (Lipinski definition) is 3. The number of ether oxygens (including phenoxy) is 2. The Hall–Kier alpha value is -1.35. The summed E-state index contributed by atoms with van der Waals surface area (Å²) in [4.78, 5) is 4.75. The zero-order valence-electron chi connectivity index (χ0n) is 17.8. The molecule has 2 heterocycles. The zero-order chi connectivity index (χ0) is 19.4. The molecule has 3 atom stereocenters. The minimum absolute atomic E-state index is 0.192. The van der Waals surface area contributed by atoms with Gasteiger partial charge in [0.1, 0.15) is 18.8 Å². The fourth-order valence-electron chi connectivity index (χ4n) is 4.21. The third kappa shape index (κ3) is 7.24. The molecule has 28 heavy (non-hydrogen) atoms. The highest BCUT2D eigenvalue weighted by Crippen LogP contribution is 2.34. The van der Waals surface area contributed by atoms with Crippen LogP contribution in [0.5, 0.6) is 0 Å². The number of rotatable bonds is 15. The van der Waals surface area contributed by atoms with Gasteiger partial charge in [0.2, 0.25) is 5.90 Å². The second kappa shape index (κ2) is 12.3. The molecule has 1 aromatic carbocycles. The molecular weight excluding hydrogens is 346 g/mol. The van der Waals surface area contributed by atoms with Crippen molar-refractivity contribution >= 4 is 5.90 Å². The summed E-state index contributed by atoms with van der Waals surface area (Å²) in [6, 6.07) is 10.4. The number of aliphatic imine (C=N–C) groups is 1. The Balaban J connectivity index is 1.16. The third-order valence-corrected chi connectivity index (χ3v) is 6.04. The van der Waals surface area contributed by atoms with Gasteiger partial charge in [0.05, 0.1) is 6.10 Å². The zero-order valence-corrected chi connectivity index (χ0v) is 17.8. The maximum atomic E-state index is 5.90. The lowest BCUT2D eigenvalue weighted by Gasteiger charge is -2.03. The maximum Gasteiger partial charge on any atom is 0.216 e. The van der Waals surface area contributed by atoms with Crippen LogP contribution in [0.3, 0.4) is 0 Å². The first-order valence-electron chi connectivity index (χ1n) is 11.8. The SMILES string of the molecule is CCCCCCCCCCCCCC[C@H]1O[C@H]1[C@@H]1COC(c2ccccc2)=N1.